The van der Waals surface area contributed by atoms with Crippen LogP contribution in [0.5, 0.6) is 0 Å². The summed E-state index contributed by atoms with van der Waals surface area (Å²) < 4.78 is 13.7. The van der Waals surface area contributed by atoms with Gasteiger partial charge in [-0.15, -0.1) is 0 Å². The van der Waals surface area contributed by atoms with Gasteiger partial charge in [-0.1, -0.05) is 30.3 Å². The molecule has 0 amide bonds. The molecule has 1 atom stereocenters. The van der Waals surface area contributed by atoms with Crippen molar-refractivity contribution in [2.45, 2.75) is 13.0 Å². The molecule has 2 aromatic carbocycles. The van der Waals surface area contributed by atoms with Crippen LogP contribution >= 0.6 is 0 Å². The molecule has 0 radical (unpaired) electrons. The number of hydrogen-bond acceptors (Lipinski definition) is 2. The highest BCUT2D eigenvalue weighted by atomic mass is 19.1. The maximum atomic E-state index is 13.7. The number of fused-ring (bicyclic) bond motifs is 1. The van der Waals surface area contributed by atoms with Crippen LogP contribution in [0.3, 0.4) is 0 Å². The fraction of sp³-hybridized carbons (Fsp3) is 0.133. The van der Waals surface area contributed by atoms with Gasteiger partial charge < -0.3 is 5.32 Å². The Hall–Kier alpha value is -2.36. The minimum absolute atomic E-state index is 0.116. The molecule has 1 aromatic heterocycles. The molecular formula is C15H14FN3. The third kappa shape index (κ3) is 2.17. The summed E-state index contributed by atoms with van der Waals surface area (Å²) in [5, 5.41) is 11.3. The van der Waals surface area contributed by atoms with Gasteiger partial charge in [0.2, 0.25) is 0 Å². The molecule has 2 N–H and O–H groups in total. The Kier molecular flexibility index (Phi) is 2.91. The lowest BCUT2D eigenvalue weighted by Crippen LogP contribution is -2.08. The molecule has 4 heteroatoms. The third-order valence-corrected chi connectivity index (χ3v) is 3.22. The van der Waals surface area contributed by atoms with Crippen LogP contribution in [0, 0.1) is 5.82 Å². The summed E-state index contributed by atoms with van der Waals surface area (Å²) >= 11 is 0. The smallest absolute Gasteiger partial charge is 0.128 e. The van der Waals surface area contributed by atoms with E-state index in [1.54, 1.807) is 18.3 Å². The lowest BCUT2D eigenvalue weighted by molar-refractivity contribution is 0.600. The zero-order valence-corrected chi connectivity index (χ0v) is 10.5. The van der Waals surface area contributed by atoms with Crippen LogP contribution in [0.4, 0.5) is 10.1 Å². The van der Waals surface area contributed by atoms with Gasteiger partial charge in [0.15, 0.2) is 0 Å². The number of anilines is 1. The summed E-state index contributed by atoms with van der Waals surface area (Å²) in [5.74, 6) is -0.195. The Balaban J connectivity index is 1.93. The molecule has 0 saturated heterocycles. The van der Waals surface area contributed by atoms with Crippen molar-refractivity contribution in [3.8, 4) is 0 Å². The van der Waals surface area contributed by atoms with Gasteiger partial charge in [0, 0.05) is 10.9 Å². The molecular weight excluding hydrogens is 241 g/mol. The van der Waals surface area contributed by atoms with Crippen LogP contribution < -0.4 is 5.32 Å². The summed E-state index contributed by atoms with van der Waals surface area (Å²) in [4.78, 5) is 0. The molecule has 3 nitrogen and oxygen atoms in total. The summed E-state index contributed by atoms with van der Waals surface area (Å²) in [5.41, 5.74) is 2.51. The highest BCUT2D eigenvalue weighted by molar-refractivity contribution is 5.90. The van der Waals surface area contributed by atoms with Crippen LogP contribution in [-0.2, 0) is 0 Å². The van der Waals surface area contributed by atoms with Gasteiger partial charge in [0.05, 0.1) is 23.4 Å². The topological polar surface area (TPSA) is 40.7 Å². The second kappa shape index (κ2) is 4.72. The summed E-state index contributed by atoms with van der Waals surface area (Å²) in [6, 6.07) is 12.6. The SMILES string of the molecule is CC(Nc1cccc2cn[nH]c12)c1ccccc1F. The normalized spacial score (nSPS) is 12.5. The van der Waals surface area contributed by atoms with E-state index in [9.17, 15) is 4.39 Å². The second-order valence-electron chi connectivity index (χ2n) is 4.53. The van der Waals surface area contributed by atoms with Gasteiger partial charge in [-0.25, -0.2) is 4.39 Å². The number of para-hydroxylation sites is 1. The number of benzene rings is 2. The van der Waals surface area contributed by atoms with E-state index in [0.29, 0.717) is 5.56 Å². The Morgan fingerprint density at radius 2 is 2.00 bits per heavy atom. The van der Waals surface area contributed by atoms with Crippen LogP contribution in [0.2, 0.25) is 0 Å². The number of nitrogens with one attached hydrogen (secondary N) is 2. The highest BCUT2D eigenvalue weighted by Crippen LogP contribution is 2.26. The van der Waals surface area contributed by atoms with Crippen molar-refractivity contribution in [2.24, 2.45) is 0 Å². The number of halogens is 1. The van der Waals surface area contributed by atoms with Crippen molar-refractivity contribution >= 4 is 16.6 Å². The lowest BCUT2D eigenvalue weighted by Gasteiger charge is -2.16. The first-order valence-corrected chi connectivity index (χ1v) is 6.19. The number of nitrogens with zero attached hydrogens (tertiary/aromatic N) is 1. The quantitative estimate of drug-likeness (QED) is 0.745. The predicted octanol–water partition coefficient (Wildman–Crippen LogP) is 3.88. The van der Waals surface area contributed by atoms with E-state index in [1.165, 1.54) is 6.07 Å². The first kappa shape index (κ1) is 11.7. The van der Waals surface area contributed by atoms with Gasteiger partial charge in [-0.2, -0.15) is 5.10 Å². The molecule has 1 heterocycles. The molecule has 3 aromatic rings. The Bertz CT molecular complexity index is 705. The first-order valence-electron chi connectivity index (χ1n) is 6.19. The van der Waals surface area contributed by atoms with Crippen molar-refractivity contribution in [1.82, 2.24) is 10.2 Å². The molecule has 0 saturated carbocycles. The monoisotopic (exact) mass is 255 g/mol. The zero-order valence-electron chi connectivity index (χ0n) is 10.5. The molecule has 0 aliphatic rings. The minimum atomic E-state index is -0.195. The van der Waals surface area contributed by atoms with E-state index in [4.69, 9.17) is 0 Å². The standard InChI is InChI=1S/C15H14FN3/c1-10(12-6-2-3-7-13(12)16)18-14-8-4-5-11-9-17-19-15(11)14/h2-10,18H,1H3,(H,17,19). The van der Waals surface area contributed by atoms with Crippen molar-refractivity contribution in [1.29, 1.82) is 0 Å². The summed E-state index contributed by atoms with van der Waals surface area (Å²) in [7, 11) is 0. The molecule has 0 fully saturated rings. The molecule has 0 aliphatic carbocycles. The van der Waals surface area contributed by atoms with E-state index in [2.05, 4.69) is 15.5 Å². The van der Waals surface area contributed by atoms with Gasteiger partial charge in [0.1, 0.15) is 5.82 Å². The maximum absolute atomic E-state index is 13.7. The molecule has 96 valence electrons. The summed E-state index contributed by atoms with van der Waals surface area (Å²) in [6.07, 6.45) is 1.77. The Labute approximate surface area is 110 Å². The van der Waals surface area contributed by atoms with E-state index in [1.807, 2.05) is 31.2 Å². The van der Waals surface area contributed by atoms with Gasteiger partial charge in [0.25, 0.3) is 0 Å². The van der Waals surface area contributed by atoms with Gasteiger partial charge >= 0.3 is 0 Å². The second-order valence-corrected chi connectivity index (χ2v) is 4.53. The zero-order chi connectivity index (χ0) is 13.2. The van der Waals surface area contributed by atoms with E-state index >= 15 is 0 Å². The number of hydrogen-bond donors (Lipinski definition) is 2. The molecule has 0 aliphatic heterocycles. The number of H-pyrrole nitrogens is 1. The molecule has 19 heavy (non-hydrogen) atoms. The predicted molar refractivity (Wildman–Crippen MR) is 74.5 cm³/mol. The average molecular weight is 255 g/mol. The minimum Gasteiger partial charge on any atom is -0.377 e. The third-order valence-electron chi connectivity index (χ3n) is 3.22. The Morgan fingerprint density at radius 1 is 1.16 bits per heavy atom. The number of rotatable bonds is 3. The molecule has 1 unspecified atom stereocenters. The van der Waals surface area contributed by atoms with Crippen LogP contribution in [0.25, 0.3) is 10.9 Å². The molecule has 0 bridgehead atoms. The fourth-order valence-electron chi connectivity index (χ4n) is 2.23. The Morgan fingerprint density at radius 3 is 2.84 bits per heavy atom. The van der Waals surface area contributed by atoms with Crippen molar-refractivity contribution in [3.63, 3.8) is 0 Å². The lowest BCUT2D eigenvalue weighted by atomic mass is 10.1. The van der Waals surface area contributed by atoms with E-state index in [-0.39, 0.29) is 11.9 Å². The van der Waals surface area contributed by atoms with E-state index in [0.717, 1.165) is 16.6 Å². The van der Waals surface area contributed by atoms with Crippen molar-refractivity contribution < 1.29 is 4.39 Å². The molecule has 0 spiro atoms. The average Bonchev–Trinajstić information content (AvgIpc) is 2.88. The number of aromatic amines is 1. The highest BCUT2D eigenvalue weighted by Gasteiger charge is 2.11. The van der Waals surface area contributed by atoms with Gasteiger partial charge in [-0.3, -0.25) is 5.10 Å². The van der Waals surface area contributed by atoms with Crippen LogP contribution in [-0.4, -0.2) is 10.2 Å². The van der Waals surface area contributed by atoms with E-state index < -0.39 is 0 Å². The van der Waals surface area contributed by atoms with Crippen LogP contribution in [0.15, 0.2) is 48.7 Å². The van der Waals surface area contributed by atoms with Crippen LogP contribution in [0.1, 0.15) is 18.5 Å². The van der Waals surface area contributed by atoms with Crippen molar-refractivity contribution in [3.05, 3.63) is 60.0 Å². The largest absolute Gasteiger partial charge is 0.377 e. The first-order chi connectivity index (χ1) is 9.25. The summed E-state index contributed by atoms with van der Waals surface area (Å²) in [6.45, 7) is 1.94. The maximum Gasteiger partial charge on any atom is 0.128 e. The molecule has 3 rings (SSSR count). The fourth-order valence-corrected chi connectivity index (χ4v) is 2.23. The van der Waals surface area contributed by atoms with Gasteiger partial charge in [-0.05, 0) is 19.1 Å². The van der Waals surface area contributed by atoms with Crippen molar-refractivity contribution in [2.75, 3.05) is 5.32 Å². The number of aromatic nitrogens is 2.